The van der Waals surface area contributed by atoms with E-state index in [1.165, 1.54) is 5.56 Å². The molecule has 4 heteroatoms. The van der Waals surface area contributed by atoms with E-state index in [1.807, 2.05) is 30.3 Å². The molecule has 0 radical (unpaired) electrons. The maximum atomic E-state index is 5.92. The number of pyridine rings is 1. The molecule has 1 aromatic carbocycles. The molecule has 0 saturated carbocycles. The van der Waals surface area contributed by atoms with Gasteiger partial charge in [0, 0.05) is 23.7 Å². The van der Waals surface area contributed by atoms with E-state index in [4.69, 9.17) is 16.3 Å². The Bertz CT molecular complexity index is 542. The molecule has 0 aliphatic rings. The molecule has 2 rings (SSSR count). The highest BCUT2D eigenvalue weighted by Gasteiger charge is 2.09. The van der Waals surface area contributed by atoms with Gasteiger partial charge in [0.2, 0.25) is 5.88 Å². The van der Waals surface area contributed by atoms with Crippen LogP contribution in [0.2, 0.25) is 5.02 Å². The average molecular weight is 291 g/mol. The second kappa shape index (κ2) is 7.27. The molecule has 2 aromatic rings. The maximum Gasteiger partial charge on any atom is 0.213 e. The number of benzene rings is 1. The van der Waals surface area contributed by atoms with Gasteiger partial charge in [-0.05, 0) is 30.2 Å². The average Bonchev–Trinajstić information content (AvgIpc) is 2.50. The Balaban J connectivity index is 2.01. The Kier molecular flexibility index (Phi) is 5.39. The van der Waals surface area contributed by atoms with Crippen LogP contribution in [-0.2, 0) is 6.54 Å². The number of rotatable bonds is 6. The van der Waals surface area contributed by atoms with Crippen LogP contribution in [0.15, 0.2) is 42.5 Å². The zero-order valence-electron chi connectivity index (χ0n) is 11.8. The highest BCUT2D eigenvalue weighted by Crippen LogP contribution is 2.19. The molecular formula is C16H19ClN2O. The number of aromatic nitrogens is 1. The lowest BCUT2D eigenvalue weighted by molar-refractivity contribution is 0.394. The Hall–Kier alpha value is -1.58. The minimum Gasteiger partial charge on any atom is -0.481 e. The zero-order valence-corrected chi connectivity index (χ0v) is 12.5. The van der Waals surface area contributed by atoms with E-state index in [9.17, 15) is 0 Å². The van der Waals surface area contributed by atoms with Crippen LogP contribution in [-0.4, -0.2) is 12.1 Å². The molecule has 1 aromatic heterocycles. The van der Waals surface area contributed by atoms with Crippen LogP contribution in [0.3, 0.4) is 0 Å². The molecule has 3 nitrogen and oxygen atoms in total. The third-order valence-corrected chi connectivity index (χ3v) is 3.45. The first-order valence-electron chi connectivity index (χ1n) is 6.71. The highest BCUT2D eigenvalue weighted by molar-refractivity contribution is 6.30. The van der Waals surface area contributed by atoms with Gasteiger partial charge in [-0.25, -0.2) is 4.98 Å². The van der Waals surface area contributed by atoms with Crippen LogP contribution in [0.5, 0.6) is 5.88 Å². The monoisotopic (exact) mass is 290 g/mol. The molecular weight excluding hydrogens is 272 g/mol. The molecule has 0 bridgehead atoms. The lowest BCUT2D eigenvalue weighted by Gasteiger charge is -2.17. The molecule has 0 aliphatic heterocycles. The van der Waals surface area contributed by atoms with Gasteiger partial charge in [0.15, 0.2) is 0 Å². The highest BCUT2D eigenvalue weighted by atomic mass is 35.5. The zero-order chi connectivity index (χ0) is 14.4. The van der Waals surface area contributed by atoms with Crippen molar-refractivity contribution in [1.82, 2.24) is 10.3 Å². The van der Waals surface area contributed by atoms with E-state index in [0.717, 1.165) is 17.1 Å². The molecule has 1 N–H and O–H groups in total. The summed E-state index contributed by atoms with van der Waals surface area (Å²) in [6.45, 7) is 2.86. The first-order chi connectivity index (χ1) is 9.72. The Morgan fingerprint density at radius 3 is 2.60 bits per heavy atom. The first-order valence-corrected chi connectivity index (χ1v) is 7.09. The molecule has 0 fully saturated rings. The van der Waals surface area contributed by atoms with E-state index in [2.05, 4.69) is 29.4 Å². The van der Waals surface area contributed by atoms with E-state index < -0.39 is 0 Å². The quantitative estimate of drug-likeness (QED) is 0.873. The predicted octanol–water partition coefficient (Wildman–Crippen LogP) is 3.98. The minimum atomic E-state index is 0.292. The van der Waals surface area contributed by atoms with Crippen molar-refractivity contribution in [2.75, 3.05) is 7.11 Å². The van der Waals surface area contributed by atoms with Gasteiger partial charge in [-0.3, -0.25) is 0 Å². The fourth-order valence-corrected chi connectivity index (χ4v) is 2.22. The van der Waals surface area contributed by atoms with E-state index in [0.29, 0.717) is 18.5 Å². The number of methoxy groups -OCH3 is 1. The number of nitrogens with zero attached hydrogens (tertiary/aromatic N) is 1. The summed E-state index contributed by atoms with van der Waals surface area (Å²) >= 11 is 5.92. The predicted molar refractivity (Wildman–Crippen MR) is 82.1 cm³/mol. The van der Waals surface area contributed by atoms with Crippen molar-refractivity contribution in [2.45, 2.75) is 25.9 Å². The molecule has 1 heterocycles. The van der Waals surface area contributed by atoms with Crippen LogP contribution in [0, 0.1) is 0 Å². The molecule has 0 spiro atoms. The van der Waals surface area contributed by atoms with Crippen molar-refractivity contribution in [3.8, 4) is 5.88 Å². The van der Waals surface area contributed by atoms with Gasteiger partial charge in [-0.15, -0.1) is 0 Å². The van der Waals surface area contributed by atoms with E-state index >= 15 is 0 Å². The van der Waals surface area contributed by atoms with Crippen molar-refractivity contribution in [2.24, 2.45) is 0 Å². The minimum absolute atomic E-state index is 0.292. The fraction of sp³-hybridized carbons (Fsp3) is 0.312. The summed E-state index contributed by atoms with van der Waals surface area (Å²) in [7, 11) is 1.63. The standard InChI is InChI=1S/C16H19ClN2O/c1-3-15(12-7-9-13(17)10-8-12)18-11-14-5-4-6-16(19-14)20-2/h4-10,15,18H,3,11H2,1-2H3. The number of ether oxygens (including phenoxy) is 1. The summed E-state index contributed by atoms with van der Waals surface area (Å²) in [5.41, 5.74) is 2.21. The van der Waals surface area contributed by atoms with Crippen molar-refractivity contribution in [1.29, 1.82) is 0 Å². The van der Waals surface area contributed by atoms with Crippen molar-refractivity contribution in [3.05, 3.63) is 58.7 Å². The summed E-state index contributed by atoms with van der Waals surface area (Å²) in [6, 6.07) is 14.0. The number of hydrogen-bond acceptors (Lipinski definition) is 3. The van der Waals surface area contributed by atoms with Crippen LogP contribution >= 0.6 is 11.6 Å². The Morgan fingerprint density at radius 1 is 1.20 bits per heavy atom. The number of hydrogen-bond donors (Lipinski definition) is 1. The lowest BCUT2D eigenvalue weighted by Crippen LogP contribution is -2.20. The molecule has 20 heavy (non-hydrogen) atoms. The van der Waals surface area contributed by atoms with Crippen molar-refractivity contribution in [3.63, 3.8) is 0 Å². The van der Waals surface area contributed by atoms with Crippen LogP contribution in [0.1, 0.15) is 30.6 Å². The van der Waals surface area contributed by atoms with Gasteiger partial charge in [-0.2, -0.15) is 0 Å². The van der Waals surface area contributed by atoms with Crippen molar-refractivity contribution >= 4 is 11.6 Å². The van der Waals surface area contributed by atoms with Gasteiger partial charge < -0.3 is 10.1 Å². The molecule has 0 aliphatic carbocycles. The Morgan fingerprint density at radius 2 is 1.95 bits per heavy atom. The van der Waals surface area contributed by atoms with Crippen LogP contribution < -0.4 is 10.1 Å². The second-order valence-corrected chi connectivity index (χ2v) is 5.00. The Labute approximate surface area is 124 Å². The largest absolute Gasteiger partial charge is 0.481 e. The number of nitrogens with one attached hydrogen (secondary N) is 1. The van der Waals surface area contributed by atoms with Gasteiger partial charge in [0.05, 0.1) is 12.8 Å². The topological polar surface area (TPSA) is 34.1 Å². The third kappa shape index (κ3) is 3.95. The smallest absolute Gasteiger partial charge is 0.213 e. The molecule has 1 atom stereocenters. The van der Waals surface area contributed by atoms with Gasteiger partial charge in [0.1, 0.15) is 0 Å². The fourth-order valence-electron chi connectivity index (χ4n) is 2.09. The molecule has 0 saturated heterocycles. The molecule has 1 unspecified atom stereocenters. The van der Waals surface area contributed by atoms with E-state index in [1.54, 1.807) is 7.11 Å². The van der Waals surface area contributed by atoms with Crippen LogP contribution in [0.25, 0.3) is 0 Å². The van der Waals surface area contributed by atoms with Crippen LogP contribution in [0.4, 0.5) is 0 Å². The molecule has 0 amide bonds. The van der Waals surface area contributed by atoms with Crippen molar-refractivity contribution < 1.29 is 4.74 Å². The summed E-state index contributed by atoms with van der Waals surface area (Å²) in [6.07, 6.45) is 1.01. The third-order valence-electron chi connectivity index (χ3n) is 3.20. The molecule has 106 valence electrons. The van der Waals surface area contributed by atoms with E-state index in [-0.39, 0.29) is 0 Å². The van der Waals surface area contributed by atoms with Gasteiger partial charge in [0.25, 0.3) is 0 Å². The van der Waals surface area contributed by atoms with Gasteiger partial charge >= 0.3 is 0 Å². The summed E-state index contributed by atoms with van der Waals surface area (Å²) < 4.78 is 5.13. The number of halogens is 1. The maximum absolute atomic E-state index is 5.92. The summed E-state index contributed by atoms with van der Waals surface area (Å²) in [4.78, 5) is 4.40. The second-order valence-electron chi connectivity index (χ2n) is 4.56. The summed E-state index contributed by atoms with van der Waals surface area (Å²) in [5, 5.41) is 4.27. The van der Waals surface area contributed by atoms with Gasteiger partial charge in [-0.1, -0.05) is 36.7 Å². The first kappa shape index (κ1) is 14.8. The summed E-state index contributed by atoms with van der Waals surface area (Å²) in [5.74, 6) is 0.642. The lowest BCUT2D eigenvalue weighted by atomic mass is 10.0. The SMILES string of the molecule is CCC(NCc1cccc(OC)n1)c1ccc(Cl)cc1. The normalized spacial score (nSPS) is 12.2.